The molecule has 0 aromatic heterocycles. The Balaban J connectivity index is 1.75. The predicted molar refractivity (Wildman–Crippen MR) is 109 cm³/mol. The number of rotatable bonds is 6. The average molecular weight is 382 g/mol. The Labute approximate surface area is 165 Å². The van der Waals surface area contributed by atoms with Crippen LogP contribution in [0.3, 0.4) is 0 Å². The van der Waals surface area contributed by atoms with Gasteiger partial charge in [-0.25, -0.2) is 0 Å². The lowest BCUT2D eigenvalue weighted by Gasteiger charge is -2.27. The zero-order valence-corrected chi connectivity index (χ0v) is 16.5. The number of nitrogens with zero attached hydrogens (tertiary/aromatic N) is 1. The first-order valence-electron chi connectivity index (χ1n) is 9.47. The summed E-state index contributed by atoms with van der Waals surface area (Å²) in [5.74, 6) is 1.02. The molecule has 0 bridgehead atoms. The highest BCUT2D eigenvalue weighted by molar-refractivity contribution is 6.00. The summed E-state index contributed by atoms with van der Waals surface area (Å²) in [6.07, 6.45) is 0.822. The van der Waals surface area contributed by atoms with Crippen molar-refractivity contribution in [2.24, 2.45) is 5.41 Å². The minimum atomic E-state index is -0.610. The molecule has 1 heterocycles. The summed E-state index contributed by atoms with van der Waals surface area (Å²) >= 11 is 0. The number of nitrogens with one attached hydrogen (secondary N) is 1. The van der Waals surface area contributed by atoms with Crippen molar-refractivity contribution in [3.8, 4) is 11.5 Å². The number of benzene rings is 2. The molecule has 0 saturated carbocycles. The molecule has 0 radical (unpaired) electrons. The van der Waals surface area contributed by atoms with Crippen LogP contribution in [0.5, 0.6) is 11.5 Å². The molecular weight excluding hydrogens is 356 g/mol. The molecule has 6 heteroatoms. The minimum absolute atomic E-state index is 0.0176. The molecule has 2 aromatic carbocycles. The molecule has 2 amide bonds. The molecule has 6 nitrogen and oxygen atoms in total. The van der Waals surface area contributed by atoms with E-state index in [1.165, 1.54) is 0 Å². The maximum atomic E-state index is 13.0. The topological polar surface area (TPSA) is 67.9 Å². The van der Waals surface area contributed by atoms with Gasteiger partial charge in [0.25, 0.3) is 5.91 Å². The van der Waals surface area contributed by atoms with Crippen molar-refractivity contribution in [3.63, 3.8) is 0 Å². The Morgan fingerprint density at radius 1 is 1.21 bits per heavy atom. The number of carbonyl (C=O) groups excluding carboxylic acids is 2. The third-order valence-corrected chi connectivity index (χ3v) is 4.51. The third-order valence-electron chi connectivity index (χ3n) is 4.51. The number of hydrogen-bond donors (Lipinski definition) is 1. The molecule has 0 spiro atoms. The molecule has 0 fully saturated rings. The summed E-state index contributed by atoms with van der Waals surface area (Å²) in [7, 11) is 0. The van der Waals surface area contributed by atoms with Gasteiger partial charge in [0.2, 0.25) is 5.91 Å². The number of anilines is 2. The molecule has 1 N–H and O–H groups in total. The van der Waals surface area contributed by atoms with Gasteiger partial charge < -0.3 is 19.7 Å². The molecule has 1 aliphatic rings. The molecule has 0 aliphatic carbocycles. The van der Waals surface area contributed by atoms with Crippen molar-refractivity contribution >= 4 is 23.2 Å². The fourth-order valence-corrected chi connectivity index (χ4v) is 3.03. The fraction of sp³-hybridized carbons (Fsp3) is 0.364. The van der Waals surface area contributed by atoms with Crippen LogP contribution in [0, 0.1) is 5.41 Å². The second-order valence-corrected chi connectivity index (χ2v) is 7.46. The van der Waals surface area contributed by atoms with Crippen LogP contribution in [-0.4, -0.2) is 31.6 Å². The van der Waals surface area contributed by atoms with E-state index in [2.05, 4.69) is 5.32 Å². The number of carbonyl (C=O) groups is 2. The average Bonchev–Trinajstić information content (AvgIpc) is 2.78. The van der Waals surface area contributed by atoms with Gasteiger partial charge in [-0.05, 0) is 50.6 Å². The van der Waals surface area contributed by atoms with Gasteiger partial charge >= 0.3 is 0 Å². The first-order valence-corrected chi connectivity index (χ1v) is 9.47. The summed E-state index contributed by atoms with van der Waals surface area (Å²) in [4.78, 5) is 26.9. The number of amides is 2. The second-order valence-electron chi connectivity index (χ2n) is 7.46. The van der Waals surface area contributed by atoms with Crippen LogP contribution in [0.15, 0.2) is 48.5 Å². The lowest BCUT2D eigenvalue weighted by Crippen LogP contribution is -2.42. The van der Waals surface area contributed by atoms with Gasteiger partial charge in [0.15, 0.2) is 6.61 Å². The van der Waals surface area contributed by atoms with E-state index < -0.39 is 5.41 Å². The monoisotopic (exact) mass is 382 g/mol. The maximum Gasteiger partial charge on any atom is 0.262 e. The highest BCUT2D eigenvalue weighted by Crippen LogP contribution is 2.38. The first kappa shape index (κ1) is 19.7. The molecule has 148 valence electrons. The fourth-order valence-electron chi connectivity index (χ4n) is 3.03. The number of para-hydroxylation sites is 1. The van der Waals surface area contributed by atoms with E-state index in [1.807, 2.05) is 39.0 Å². The number of ether oxygens (including phenoxy) is 2. The van der Waals surface area contributed by atoms with Gasteiger partial charge in [-0.1, -0.05) is 25.1 Å². The van der Waals surface area contributed by atoms with Crippen molar-refractivity contribution in [1.82, 2.24) is 0 Å². The Morgan fingerprint density at radius 3 is 2.68 bits per heavy atom. The lowest BCUT2D eigenvalue weighted by molar-refractivity contribution is -0.127. The molecular formula is C22H26N2O4. The quantitative estimate of drug-likeness (QED) is 0.824. The lowest BCUT2D eigenvalue weighted by atomic mass is 9.93. The molecule has 28 heavy (non-hydrogen) atoms. The number of fused-ring (bicyclic) bond motifs is 1. The van der Waals surface area contributed by atoms with Crippen LogP contribution in [0.4, 0.5) is 11.4 Å². The highest BCUT2D eigenvalue weighted by Gasteiger charge is 2.37. The van der Waals surface area contributed by atoms with Crippen LogP contribution in [-0.2, 0) is 9.59 Å². The highest BCUT2D eigenvalue weighted by atomic mass is 16.5. The van der Waals surface area contributed by atoms with Gasteiger partial charge in [0.1, 0.15) is 18.1 Å². The summed E-state index contributed by atoms with van der Waals surface area (Å²) < 4.78 is 11.4. The Kier molecular flexibility index (Phi) is 5.87. The largest absolute Gasteiger partial charge is 0.490 e. The standard InChI is InChI=1S/C22H26N2O4/c1-4-12-24-18-13-16(10-11-19(18)28-15-22(2,3)21(24)26)23-20(25)14-27-17-8-6-5-7-9-17/h5-11,13H,4,12,14-15H2,1-3H3,(H,23,25). The zero-order chi connectivity index (χ0) is 20.1. The van der Waals surface area contributed by atoms with Gasteiger partial charge in [-0.15, -0.1) is 0 Å². The van der Waals surface area contributed by atoms with Gasteiger partial charge in [0, 0.05) is 12.2 Å². The van der Waals surface area contributed by atoms with Crippen LogP contribution in [0.2, 0.25) is 0 Å². The van der Waals surface area contributed by atoms with Crippen molar-refractivity contribution in [2.45, 2.75) is 27.2 Å². The molecule has 2 aromatic rings. The van der Waals surface area contributed by atoms with Gasteiger partial charge in [-0.3, -0.25) is 9.59 Å². The van der Waals surface area contributed by atoms with Crippen LogP contribution >= 0.6 is 0 Å². The molecule has 1 aliphatic heterocycles. The van der Waals surface area contributed by atoms with Gasteiger partial charge in [-0.2, -0.15) is 0 Å². The van der Waals surface area contributed by atoms with Crippen molar-refractivity contribution in [3.05, 3.63) is 48.5 Å². The minimum Gasteiger partial charge on any atom is -0.490 e. The van der Waals surface area contributed by atoms with E-state index >= 15 is 0 Å². The van der Waals surface area contributed by atoms with E-state index in [9.17, 15) is 9.59 Å². The Bertz CT molecular complexity index is 849. The van der Waals surface area contributed by atoms with E-state index in [-0.39, 0.29) is 18.4 Å². The molecule has 0 saturated heterocycles. The molecule has 0 atom stereocenters. The third kappa shape index (κ3) is 4.44. The Morgan fingerprint density at radius 2 is 1.96 bits per heavy atom. The van der Waals surface area contributed by atoms with Crippen molar-refractivity contribution in [2.75, 3.05) is 30.0 Å². The number of hydrogen-bond acceptors (Lipinski definition) is 4. The smallest absolute Gasteiger partial charge is 0.262 e. The van der Waals surface area contributed by atoms with Crippen molar-refractivity contribution < 1.29 is 19.1 Å². The zero-order valence-electron chi connectivity index (χ0n) is 16.5. The molecule has 0 unspecified atom stereocenters. The van der Waals surface area contributed by atoms with E-state index in [4.69, 9.17) is 9.47 Å². The van der Waals surface area contributed by atoms with E-state index in [0.717, 1.165) is 6.42 Å². The van der Waals surface area contributed by atoms with E-state index in [0.29, 0.717) is 36.0 Å². The predicted octanol–water partition coefficient (Wildman–Crippen LogP) is 3.87. The van der Waals surface area contributed by atoms with Crippen LogP contribution < -0.4 is 19.7 Å². The van der Waals surface area contributed by atoms with Gasteiger partial charge in [0.05, 0.1) is 11.1 Å². The SMILES string of the molecule is CCCN1C(=O)C(C)(C)COc2ccc(NC(=O)COc3ccccc3)cc21. The van der Waals surface area contributed by atoms with Crippen LogP contribution in [0.25, 0.3) is 0 Å². The summed E-state index contributed by atoms with van der Waals surface area (Å²) in [6.45, 7) is 6.60. The first-order chi connectivity index (χ1) is 13.4. The molecule has 3 rings (SSSR count). The van der Waals surface area contributed by atoms with E-state index in [1.54, 1.807) is 35.2 Å². The second kappa shape index (κ2) is 8.33. The normalized spacial score (nSPS) is 15.2. The maximum absolute atomic E-state index is 13.0. The summed E-state index contributed by atoms with van der Waals surface area (Å²) in [5.41, 5.74) is 0.665. The summed E-state index contributed by atoms with van der Waals surface area (Å²) in [5, 5.41) is 2.82. The van der Waals surface area contributed by atoms with Crippen LogP contribution in [0.1, 0.15) is 27.2 Å². The summed E-state index contributed by atoms with van der Waals surface area (Å²) in [6, 6.07) is 14.5. The van der Waals surface area contributed by atoms with Crippen molar-refractivity contribution in [1.29, 1.82) is 0 Å². The Hall–Kier alpha value is -3.02.